The Morgan fingerprint density at radius 2 is 0.792 bits per heavy atom. The summed E-state index contributed by atoms with van der Waals surface area (Å²) in [5.41, 5.74) is 0. The highest BCUT2D eigenvalue weighted by Gasteiger charge is 2.27. The molecule has 0 aliphatic carbocycles. The van der Waals surface area contributed by atoms with Gasteiger partial charge in [-0.3, -0.25) is 18.6 Å². The number of hydrogen-bond donors (Lipinski definition) is 1. The minimum atomic E-state index is -4.41. The van der Waals surface area contributed by atoms with E-state index in [0.29, 0.717) is 23.9 Å². The van der Waals surface area contributed by atoms with Crippen molar-refractivity contribution in [2.45, 2.75) is 187 Å². The molecule has 10 heteroatoms. The third-order valence-corrected chi connectivity index (χ3v) is 11.9. The lowest BCUT2D eigenvalue weighted by Crippen LogP contribution is -2.37. The van der Waals surface area contributed by atoms with Crippen LogP contribution >= 0.6 is 7.82 Å². The molecule has 0 aliphatic heterocycles. The first-order valence-electron chi connectivity index (χ1n) is 27.6. The monoisotopic (exact) mass is 1020 g/mol. The fraction of sp³-hybridized carbons (Fsp3) is 0.581. The van der Waals surface area contributed by atoms with Gasteiger partial charge in [0.05, 0.1) is 34.2 Å². The van der Waals surface area contributed by atoms with Gasteiger partial charge in [-0.25, -0.2) is 4.57 Å². The molecule has 0 aromatic rings. The maximum Gasteiger partial charge on any atom is 0.472 e. The second-order valence-electron chi connectivity index (χ2n) is 18.9. The van der Waals surface area contributed by atoms with Crippen LogP contribution in [0.15, 0.2) is 146 Å². The van der Waals surface area contributed by atoms with Gasteiger partial charge in [0.1, 0.15) is 19.8 Å². The predicted octanol–water partition coefficient (Wildman–Crippen LogP) is 17.1. The zero-order valence-corrected chi connectivity index (χ0v) is 46.7. The summed E-state index contributed by atoms with van der Waals surface area (Å²) in [6.45, 7) is 4.05. The Balaban J connectivity index is 4.23. The maximum atomic E-state index is 12.8. The van der Waals surface area contributed by atoms with Crippen LogP contribution < -0.4 is 0 Å². The SMILES string of the molecule is CC/C=C\C/C=C\C/C=C\C/C=C\C/C=C\C/C=C\C/C=C\CCCCCCCCCCCCCC(=O)OC(COC(=O)C/C=C\C/C=C\C/C=C\C/C=C\C/C=C\CC)COP(=O)(O)OCC[N+](C)(C)C. The van der Waals surface area contributed by atoms with Crippen LogP contribution in [0.4, 0.5) is 0 Å². The number of phosphoric ester groups is 1. The number of ether oxygens (including phenoxy) is 2. The molecule has 0 saturated carbocycles. The fourth-order valence-electron chi connectivity index (χ4n) is 6.71. The van der Waals surface area contributed by atoms with Crippen molar-refractivity contribution >= 4 is 19.8 Å². The molecule has 0 aliphatic rings. The lowest BCUT2D eigenvalue weighted by Gasteiger charge is -2.24. The van der Waals surface area contributed by atoms with Crippen molar-refractivity contribution in [2.24, 2.45) is 0 Å². The highest BCUT2D eigenvalue weighted by atomic mass is 31.2. The summed E-state index contributed by atoms with van der Waals surface area (Å²) in [6.07, 6.45) is 76.6. The number of phosphoric acid groups is 1. The molecule has 0 fully saturated rings. The van der Waals surface area contributed by atoms with E-state index in [1.807, 2.05) is 33.3 Å². The molecule has 1 N–H and O–H groups in total. The number of hydrogen-bond acceptors (Lipinski definition) is 7. The van der Waals surface area contributed by atoms with Crippen molar-refractivity contribution in [1.82, 2.24) is 0 Å². The largest absolute Gasteiger partial charge is 0.472 e. The molecule has 406 valence electrons. The number of unbranched alkanes of at least 4 members (excludes halogenated alkanes) is 11. The summed E-state index contributed by atoms with van der Waals surface area (Å²) < 4.78 is 34.3. The van der Waals surface area contributed by atoms with Crippen LogP contribution in [0.2, 0.25) is 0 Å². The van der Waals surface area contributed by atoms with Crippen molar-refractivity contribution < 1.29 is 42.1 Å². The Hall–Kier alpha value is -4.11. The van der Waals surface area contributed by atoms with Gasteiger partial charge in [-0.2, -0.15) is 0 Å². The highest BCUT2D eigenvalue weighted by Crippen LogP contribution is 2.43. The lowest BCUT2D eigenvalue weighted by molar-refractivity contribution is -0.870. The standard InChI is InChI=1S/C62H100NO8P/c1-6-8-10-12-14-16-18-20-22-23-24-25-26-27-28-29-30-31-32-33-34-35-36-37-38-39-41-43-45-47-49-51-53-55-62(65)71-60(59-70-72(66,67)69-57-56-63(3,4)5)58-68-61(64)54-52-50-48-46-44-42-40-21-19-17-15-13-11-9-7-2/h8-11,14-17,20-22,24-25,27-28,30-31,33-34,40,44,46,50,52,60H,6-7,12-13,18-19,23,26,29,32,35-39,41-43,45,47-49,51,53-59H2,1-5H3/p+1/b10-8-,11-9-,16-14-,17-15-,22-20-,25-24-,28-27-,31-30-,34-33-,40-21-,46-44-,52-50-. The van der Waals surface area contributed by atoms with Crippen LogP contribution in [-0.2, 0) is 32.7 Å². The Labute approximate surface area is 440 Å². The van der Waals surface area contributed by atoms with Crippen LogP contribution in [0.5, 0.6) is 0 Å². The second-order valence-corrected chi connectivity index (χ2v) is 20.3. The molecule has 2 unspecified atom stereocenters. The summed E-state index contributed by atoms with van der Waals surface area (Å²) in [5.74, 6) is -0.961. The third-order valence-electron chi connectivity index (χ3n) is 10.9. The molecule has 0 aromatic heterocycles. The minimum absolute atomic E-state index is 0.00963. The topological polar surface area (TPSA) is 108 Å². The molecule has 0 heterocycles. The molecular formula is C62H101NO8P+. The Morgan fingerprint density at radius 3 is 1.18 bits per heavy atom. The molecule has 2 atom stereocenters. The van der Waals surface area contributed by atoms with E-state index in [2.05, 4.69) is 141 Å². The van der Waals surface area contributed by atoms with E-state index in [1.54, 1.807) is 6.08 Å². The molecule has 0 saturated heterocycles. The van der Waals surface area contributed by atoms with Gasteiger partial charge in [0, 0.05) is 6.42 Å². The quantitative estimate of drug-likeness (QED) is 0.0211. The molecule has 0 radical (unpaired) electrons. The summed E-state index contributed by atoms with van der Waals surface area (Å²) >= 11 is 0. The van der Waals surface area contributed by atoms with Gasteiger partial charge in [-0.1, -0.05) is 217 Å². The zero-order valence-electron chi connectivity index (χ0n) is 45.8. The fourth-order valence-corrected chi connectivity index (χ4v) is 7.46. The number of nitrogens with zero attached hydrogens (tertiary/aromatic N) is 1. The molecule has 9 nitrogen and oxygen atoms in total. The molecule has 0 amide bonds. The van der Waals surface area contributed by atoms with Gasteiger partial charge in [-0.15, -0.1) is 0 Å². The van der Waals surface area contributed by atoms with Crippen molar-refractivity contribution in [2.75, 3.05) is 47.5 Å². The predicted molar refractivity (Wildman–Crippen MR) is 307 cm³/mol. The number of esters is 2. The number of carbonyl (C=O) groups is 2. The molecular weight excluding hydrogens is 918 g/mol. The van der Waals surface area contributed by atoms with E-state index in [0.717, 1.165) is 96.3 Å². The summed E-state index contributed by atoms with van der Waals surface area (Å²) in [4.78, 5) is 35.5. The number of rotatable bonds is 48. The highest BCUT2D eigenvalue weighted by molar-refractivity contribution is 7.47. The van der Waals surface area contributed by atoms with Crippen LogP contribution in [0, 0.1) is 0 Å². The second kappa shape index (κ2) is 51.8. The number of carbonyl (C=O) groups excluding carboxylic acids is 2. The van der Waals surface area contributed by atoms with Crippen molar-refractivity contribution in [3.05, 3.63) is 146 Å². The number of quaternary nitrogens is 1. The van der Waals surface area contributed by atoms with Gasteiger partial charge in [0.25, 0.3) is 0 Å². The van der Waals surface area contributed by atoms with Gasteiger partial charge < -0.3 is 18.9 Å². The van der Waals surface area contributed by atoms with Gasteiger partial charge in [0.15, 0.2) is 6.10 Å². The van der Waals surface area contributed by atoms with E-state index in [1.165, 1.54) is 44.9 Å². The molecule has 0 aromatic carbocycles. The Bertz CT molecular complexity index is 1720. The Kier molecular flexibility index (Phi) is 48.8. The minimum Gasteiger partial charge on any atom is -0.461 e. The van der Waals surface area contributed by atoms with Crippen LogP contribution in [0.25, 0.3) is 0 Å². The van der Waals surface area contributed by atoms with Gasteiger partial charge >= 0.3 is 19.8 Å². The van der Waals surface area contributed by atoms with Crippen molar-refractivity contribution in [3.63, 3.8) is 0 Å². The molecule has 0 bridgehead atoms. The first kappa shape index (κ1) is 67.9. The van der Waals surface area contributed by atoms with Gasteiger partial charge in [-0.05, 0) is 96.3 Å². The van der Waals surface area contributed by atoms with Gasteiger partial charge in [0.2, 0.25) is 0 Å². The summed E-state index contributed by atoms with van der Waals surface area (Å²) in [7, 11) is 1.41. The molecule has 0 spiro atoms. The van der Waals surface area contributed by atoms with E-state index in [-0.39, 0.29) is 26.1 Å². The summed E-state index contributed by atoms with van der Waals surface area (Å²) in [6, 6.07) is 0. The van der Waals surface area contributed by atoms with E-state index >= 15 is 0 Å². The lowest BCUT2D eigenvalue weighted by atomic mass is 10.0. The average Bonchev–Trinajstić information content (AvgIpc) is 3.34. The average molecular weight is 1020 g/mol. The third kappa shape index (κ3) is 55.2. The van der Waals surface area contributed by atoms with Crippen LogP contribution in [0.1, 0.15) is 181 Å². The van der Waals surface area contributed by atoms with Crippen molar-refractivity contribution in [1.29, 1.82) is 0 Å². The maximum absolute atomic E-state index is 12.8. The molecule has 0 rings (SSSR count). The van der Waals surface area contributed by atoms with Crippen molar-refractivity contribution in [3.8, 4) is 0 Å². The number of allylic oxidation sites excluding steroid dienone is 23. The van der Waals surface area contributed by atoms with Crippen LogP contribution in [0.3, 0.4) is 0 Å². The first-order valence-corrected chi connectivity index (χ1v) is 29.1. The van der Waals surface area contributed by atoms with Crippen LogP contribution in [-0.4, -0.2) is 74.9 Å². The zero-order chi connectivity index (χ0) is 52.7. The smallest absolute Gasteiger partial charge is 0.461 e. The van der Waals surface area contributed by atoms with E-state index in [9.17, 15) is 19.0 Å². The Morgan fingerprint density at radius 1 is 0.444 bits per heavy atom. The molecule has 72 heavy (non-hydrogen) atoms. The summed E-state index contributed by atoms with van der Waals surface area (Å²) in [5, 5.41) is 0. The van der Waals surface area contributed by atoms with E-state index in [4.69, 9.17) is 18.5 Å². The first-order chi connectivity index (χ1) is 35.0. The number of likely N-dealkylation sites (N-methyl/N-ethyl adjacent to an activating group) is 1. The normalized spacial score (nSPS) is 14.5. The van der Waals surface area contributed by atoms with E-state index < -0.39 is 32.5 Å².